The van der Waals surface area contributed by atoms with Crippen LogP contribution < -0.4 is 29.7 Å². The minimum absolute atomic E-state index is 0.255. The summed E-state index contributed by atoms with van der Waals surface area (Å²) in [6, 6.07) is 9.96. The molecule has 2 amide bonds. The first-order valence-electron chi connectivity index (χ1n) is 11.2. The van der Waals surface area contributed by atoms with Crippen molar-refractivity contribution in [3.05, 3.63) is 42.6 Å². The van der Waals surface area contributed by atoms with E-state index in [0.717, 1.165) is 0 Å². The Morgan fingerprint density at radius 1 is 1.20 bits per heavy atom. The van der Waals surface area contributed by atoms with Crippen molar-refractivity contribution in [3.63, 3.8) is 0 Å². The molecule has 0 radical (unpaired) electrons. The third kappa shape index (κ3) is 4.76. The molecule has 2 unspecified atom stereocenters. The summed E-state index contributed by atoms with van der Waals surface area (Å²) in [7, 11) is 1.53. The Balaban J connectivity index is 1.18. The Morgan fingerprint density at radius 3 is 2.86 bits per heavy atom. The molecule has 182 valence electrons. The molecular weight excluding hydrogens is 454 g/mol. The van der Waals surface area contributed by atoms with Gasteiger partial charge in [-0.3, -0.25) is 14.7 Å². The number of carbonyl (C=O) groups is 2. The van der Waals surface area contributed by atoms with Gasteiger partial charge in [0.1, 0.15) is 24.8 Å². The molecule has 0 bridgehead atoms. The van der Waals surface area contributed by atoms with Crippen LogP contribution in [0, 0.1) is 0 Å². The molecule has 2 aliphatic rings. The molecule has 5 rings (SSSR count). The number of methoxy groups -OCH3 is 1. The normalized spacial score (nSPS) is 17.7. The van der Waals surface area contributed by atoms with Crippen molar-refractivity contribution in [1.82, 2.24) is 15.3 Å². The van der Waals surface area contributed by atoms with Crippen LogP contribution in [0.15, 0.2) is 42.6 Å². The first-order chi connectivity index (χ1) is 17.0. The van der Waals surface area contributed by atoms with Crippen LogP contribution >= 0.6 is 0 Å². The summed E-state index contributed by atoms with van der Waals surface area (Å²) in [6.45, 7) is 3.36. The van der Waals surface area contributed by atoms with Gasteiger partial charge in [-0.25, -0.2) is 9.78 Å². The lowest BCUT2D eigenvalue weighted by molar-refractivity contribution is -0.117. The Hall–Kier alpha value is -4.12. The van der Waals surface area contributed by atoms with E-state index in [9.17, 15) is 9.59 Å². The van der Waals surface area contributed by atoms with Crippen LogP contribution in [0.4, 0.5) is 16.2 Å². The number of hydrogen-bond acceptors (Lipinski definition) is 9. The highest BCUT2D eigenvalue weighted by Gasteiger charge is 2.33. The van der Waals surface area contributed by atoms with Gasteiger partial charge in [-0.1, -0.05) is 0 Å². The zero-order valence-electron chi connectivity index (χ0n) is 19.3. The van der Waals surface area contributed by atoms with Crippen molar-refractivity contribution in [2.45, 2.75) is 19.1 Å². The number of benzene rings is 1. The monoisotopic (exact) mass is 479 g/mol. The Kier molecular flexibility index (Phi) is 6.23. The number of pyridine rings is 2. The summed E-state index contributed by atoms with van der Waals surface area (Å²) in [4.78, 5) is 35.5. The third-order valence-corrected chi connectivity index (χ3v) is 5.78. The number of aromatic nitrogens is 2. The minimum atomic E-state index is -0.550. The van der Waals surface area contributed by atoms with Crippen molar-refractivity contribution < 1.29 is 28.5 Å². The predicted octanol–water partition coefficient (Wildman–Crippen LogP) is 2.35. The highest BCUT2D eigenvalue weighted by Crippen LogP contribution is 2.35. The molecule has 4 heterocycles. The third-order valence-electron chi connectivity index (χ3n) is 5.78. The molecule has 3 aromatic rings. The van der Waals surface area contributed by atoms with E-state index < -0.39 is 18.2 Å². The molecule has 2 aromatic heterocycles. The number of rotatable bonds is 7. The maximum absolute atomic E-state index is 12.8. The van der Waals surface area contributed by atoms with Crippen LogP contribution in [0.2, 0.25) is 0 Å². The molecule has 35 heavy (non-hydrogen) atoms. The maximum atomic E-state index is 12.8. The largest absolute Gasteiger partial charge is 0.486 e. The van der Waals surface area contributed by atoms with Gasteiger partial charge in [0.2, 0.25) is 11.8 Å². The first-order valence-corrected chi connectivity index (χ1v) is 11.2. The Labute approximate surface area is 201 Å². The van der Waals surface area contributed by atoms with E-state index in [4.69, 9.17) is 18.9 Å². The van der Waals surface area contributed by atoms with Crippen LogP contribution in [0.25, 0.3) is 11.0 Å². The van der Waals surface area contributed by atoms with Gasteiger partial charge in [-0.15, -0.1) is 0 Å². The molecule has 11 heteroatoms. The highest BCUT2D eigenvalue weighted by molar-refractivity contribution is 6.01. The van der Waals surface area contributed by atoms with Crippen molar-refractivity contribution in [2.24, 2.45) is 0 Å². The van der Waals surface area contributed by atoms with Gasteiger partial charge in [0, 0.05) is 24.9 Å². The molecule has 11 nitrogen and oxygen atoms in total. The van der Waals surface area contributed by atoms with E-state index >= 15 is 0 Å². The molecule has 2 aliphatic heterocycles. The highest BCUT2D eigenvalue weighted by atomic mass is 16.6. The summed E-state index contributed by atoms with van der Waals surface area (Å²) in [5, 5.41) is 6.02. The summed E-state index contributed by atoms with van der Waals surface area (Å²) in [5.41, 5.74) is 2.37. The van der Waals surface area contributed by atoms with Crippen molar-refractivity contribution >= 4 is 34.4 Å². The summed E-state index contributed by atoms with van der Waals surface area (Å²) in [6.07, 6.45) is 0.738. The fourth-order valence-corrected chi connectivity index (χ4v) is 3.90. The minimum Gasteiger partial charge on any atom is -0.486 e. The zero-order chi connectivity index (χ0) is 24.4. The molecule has 0 aliphatic carbocycles. The number of nitrogens with one attached hydrogen (secondary N) is 2. The molecule has 0 saturated carbocycles. The fraction of sp³-hybridized carbons (Fsp3) is 0.333. The maximum Gasteiger partial charge on any atom is 0.414 e. The van der Waals surface area contributed by atoms with Crippen LogP contribution in [-0.2, 0) is 9.53 Å². The molecule has 1 saturated heterocycles. The number of nitrogens with zero attached hydrogens (tertiary/aromatic N) is 3. The number of ether oxygens (including phenoxy) is 4. The van der Waals surface area contributed by atoms with Crippen LogP contribution in [0.5, 0.6) is 17.4 Å². The van der Waals surface area contributed by atoms with E-state index in [1.54, 1.807) is 49.5 Å². The number of anilines is 2. The first kappa shape index (κ1) is 22.7. The second kappa shape index (κ2) is 9.63. The summed E-state index contributed by atoms with van der Waals surface area (Å²) < 4.78 is 21.8. The summed E-state index contributed by atoms with van der Waals surface area (Å²) >= 11 is 0. The van der Waals surface area contributed by atoms with Gasteiger partial charge in [0.05, 0.1) is 36.6 Å². The Bertz CT molecular complexity index is 1270. The SMILES string of the molecule is COc1ccc2nccc(NC(=O)C(C)NCC3CN(c4ccc5c(c4)OCCO5)C(=O)O3)c2n1. The zero-order valence-corrected chi connectivity index (χ0v) is 19.3. The van der Waals surface area contributed by atoms with Crippen LogP contribution in [0.3, 0.4) is 0 Å². The Morgan fingerprint density at radius 2 is 2.03 bits per heavy atom. The molecule has 2 atom stereocenters. The second-order valence-corrected chi connectivity index (χ2v) is 8.14. The predicted molar refractivity (Wildman–Crippen MR) is 127 cm³/mol. The van der Waals surface area contributed by atoms with Gasteiger partial charge in [0.25, 0.3) is 0 Å². The standard InChI is InChI=1S/C24H25N5O6/c1-14(23(30)27-18-7-8-25-17-4-6-21(32-2)28-22(17)18)26-12-16-13-29(24(31)35-16)15-3-5-19-20(11-15)34-10-9-33-19/h3-8,11,14,16,26H,9-10,12-13H2,1-2H3,(H,25,27,30). The smallest absolute Gasteiger partial charge is 0.414 e. The molecule has 0 spiro atoms. The molecule has 1 fully saturated rings. The number of cyclic esters (lactones) is 1. The quantitative estimate of drug-likeness (QED) is 0.525. The average molecular weight is 479 g/mol. The number of fused-ring (bicyclic) bond motifs is 2. The average Bonchev–Trinajstić information content (AvgIpc) is 3.27. The van der Waals surface area contributed by atoms with Crippen molar-refractivity contribution in [2.75, 3.05) is 43.6 Å². The van der Waals surface area contributed by atoms with Gasteiger partial charge >= 0.3 is 6.09 Å². The van der Waals surface area contributed by atoms with E-state index in [2.05, 4.69) is 20.6 Å². The van der Waals surface area contributed by atoms with Gasteiger partial charge in [0.15, 0.2) is 11.5 Å². The lowest BCUT2D eigenvalue weighted by Crippen LogP contribution is -2.42. The second-order valence-electron chi connectivity index (χ2n) is 8.14. The van der Waals surface area contributed by atoms with Gasteiger partial charge < -0.3 is 29.6 Å². The van der Waals surface area contributed by atoms with E-state index in [-0.39, 0.29) is 5.91 Å². The fourth-order valence-electron chi connectivity index (χ4n) is 3.90. The molecule has 2 N–H and O–H groups in total. The van der Waals surface area contributed by atoms with E-state index in [1.165, 1.54) is 12.0 Å². The number of carbonyl (C=O) groups excluding carboxylic acids is 2. The number of amides is 2. The van der Waals surface area contributed by atoms with Gasteiger partial charge in [-0.05, 0) is 31.2 Å². The topological polar surface area (TPSA) is 124 Å². The molecule has 1 aromatic carbocycles. The van der Waals surface area contributed by atoms with E-state index in [0.29, 0.717) is 66.1 Å². The number of hydrogen-bond donors (Lipinski definition) is 2. The molecular formula is C24H25N5O6. The summed E-state index contributed by atoms with van der Waals surface area (Å²) in [5.74, 6) is 1.43. The van der Waals surface area contributed by atoms with Crippen molar-refractivity contribution in [3.8, 4) is 17.4 Å². The van der Waals surface area contributed by atoms with Crippen LogP contribution in [0.1, 0.15) is 6.92 Å². The van der Waals surface area contributed by atoms with Gasteiger partial charge in [-0.2, -0.15) is 0 Å². The van der Waals surface area contributed by atoms with Crippen molar-refractivity contribution in [1.29, 1.82) is 0 Å². The lowest BCUT2D eigenvalue weighted by atomic mass is 10.2. The van der Waals surface area contributed by atoms with E-state index in [1.807, 2.05) is 0 Å². The lowest BCUT2D eigenvalue weighted by Gasteiger charge is -2.21. The van der Waals surface area contributed by atoms with Crippen LogP contribution in [-0.4, -0.2) is 67.5 Å².